The van der Waals surface area contributed by atoms with Crippen LogP contribution in [0.1, 0.15) is 11.1 Å². The molecule has 144 valence electrons. The molecule has 0 bridgehead atoms. The highest BCUT2D eigenvalue weighted by molar-refractivity contribution is 7.71. The van der Waals surface area contributed by atoms with Gasteiger partial charge >= 0.3 is 0 Å². The van der Waals surface area contributed by atoms with Crippen molar-refractivity contribution >= 4 is 18.4 Å². The molecule has 3 aromatic rings. The number of nitrogens with zero attached hydrogens (tertiary/aromatic N) is 3. The van der Waals surface area contributed by atoms with Gasteiger partial charge in [0.25, 0.3) is 5.56 Å². The first-order chi connectivity index (χ1) is 13.6. The second-order valence-corrected chi connectivity index (χ2v) is 5.99. The molecule has 0 radical (unpaired) electrons. The number of nitrogens with one attached hydrogen (secondary N) is 1. The van der Waals surface area contributed by atoms with Crippen molar-refractivity contribution in [3.8, 4) is 17.2 Å². The Labute approximate surface area is 166 Å². The van der Waals surface area contributed by atoms with Crippen LogP contribution in [0.5, 0.6) is 17.2 Å². The number of methoxy groups -OCH3 is 2. The van der Waals surface area contributed by atoms with Crippen molar-refractivity contribution in [3.63, 3.8) is 0 Å². The molecule has 0 unspecified atom stereocenters. The highest BCUT2D eigenvalue weighted by Gasteiger charge is 2.14. The number of benzene rings is 2. The van der Waals surface area contributed by atoms with Crippen LogP contribution >= 0.6 is 12.2 Å². The third-order valence-corrected chi connectivity index (χ3v) is 4.03. The van der Waals surface area contributed by atoms with Gasteiger partial charge < -0.3 is 14.2 Å². The van der Waals surface area contributed by atoms with Crippen LogP contribution < -0.4 is 19.8 Å². The van der Waals surface area contributed by atoms with E-state index in [0.717, 1.165) is 16.4 Å². The molecule has 0 aliphatic carbocycles. The number of hydrogen-bond donors (Lipinski definition) is 1. The quantitative estimate of drug-likeness (QED) is 0.486. The van der Waals surface area contributed by atoms with E-state index in [2.05, 4.69) is 15.3 Å². The number of ether oxygens (including phenoxy) is 3. The smallest absolute Gasteiger partial charge is 0.293 e. The minimum absolute atomic E-state index is 0.0884. The molecule has 0 atom stereocenters. The van der Waals surface area contributed by atoms with Gasteiger partial charge in [-0.05, 0) is 29.9 Å². The molecule has 0 saturated heterocycles. The van der Waals surface area contributed by atoms with Gasteiger partial charge in [0.05, 0.1) is 20.4 Å². The van der Waals surface area contributed by atoms with E-state index in [9.17, 15) is 4.79 Å². The fourth-order valence-electron chi connectivity index (χ4n) is 2.43. The predicted molar refractivity (Wildman–Crippen MR) is 107 cm³/mol. The minimum Gasteiger partial charge on any atom is -0.493 e. The SMILES string of the molecule is COc1cc(/C=N\n2c(=O)cn[nH]c2=S)cc(OC)c1OCc1ccccc1. The zero-order valence-corrected chi connectivity index (χ0v) is 16.1. The first-order valence-corrected chi connectivity index (χ1v) is 8.67. The summed E-state index contributed by atoms with van der Waals surface area (Å²) in [7, 11) is 3.07. The van der Waals surface area contributed by atoms with E-state index in [0.29, 0.717) is 29.4 Å². The van der Waals surface area contributed by atoms with Crippen LogP contribution in [-0.4, -0.2) is 35.3 Å². The summed E-state index contributed by atoms with van der Waals surface area (Å²) < 4.78 is 17.9. The predicted octanol–water partition coefficient (Wildman–Crippen LogP) is 2.78. The second kappa shape index (κ2) is 8.96. The van der Waals surface area contributed by atoms with Crippen LogP contribution in [0.25, 0.3) is 0 Å². The number of aromatic nitrogens is 3. The van der Waals surface area contributed by atoms with Crippen LogP contribution in [-0.2, 0) is 6.61 Å². The van der Waals surface area contributed by atoms with E-state index in [-0.39, 0.29) is 4.77 Å². The van der Waals surface area contributed by atoms with Crippen LogP contribution in [0.2, 0.25) is 0 Å². The van der Waals surface area contributed by atoms with Gasteiger partial charge in [-0.3, -0.25) is 9.89 Å². The van der Waals surface area contributed by atoms with Gasteiger partial charge in [-0.2, -0.15) is 14.9 Å². The molecular formula is C19H18N4O4S. The fourth-order valence-corrected chi connectivity index (χ4v) is 2.62. The standard InChI is InChI=1S/C19H18N4O4S/c1-25-15-8-14(10-21-23-17(24)11-20-22-19(23)28)9-16(26-2)18(15)27-12-13-6-4-3-5-7-13/h3-11H,12H2,1-2H3,(H,22,28)/b21-10-. The molecule has 0 spiro atoms. The number of rotatable bonds is 7. The Morgan fingerprint density at radius 2 is 1.86 bits per heavy atom. The lowest BCUT2D eigenvalue weighted by Gasteiger charge is -2.15. The van der Waals surface area contributed by atoms with Gasteiger partial charge in [0.2, 0.25) is 10.5 Å². The van der Waals surface area contributed by atoms with Crippen LogP contribution in [0.15, 0.2) is 58.6 Å². The van der Waals surface area contributed by atoms with Crippen LogP contribution in [0.4, 0.5) is 0 Å². The summed E-state index contributed by atoms with van der Waals surface area (Å²) in [6.07, 6.45) is 2.56. The second-order valence-electron chi connectivity index (χ2n) is 5.60. The van der Waals surface area contributed by atoms with E-state index in [1.807, 2.05) is 30.3 Å². The van der Waals surface area contributed by atoms with Gasteiger partial charge in [-0.25, -0.2) is 0 Å². The lowest BCUT2D eigenvalue weighted by Crippen LogP contribution is -2.18. The van der Waals surface area contributed by atoms with Crippen molar-refractivity contribution in [2.45, 2.75) is 6.61 Å². The summed E-state index contributed by atoms with van der Waals surface area (Å²) >= 11 is 5.02. The Balaban J connectivity index is 1.91. The summed E-state index contributed by atoms with van der Waals surface area (Å²) in [4.78, 5) is 11.8. The number of aromatic amines is 1. The van der Waals surface area contributed by atoms with Crippen molar-refractivity contribution in [2.75, 3.05) is 14.2 Å². The van der Waals surface area contributed by atoms with Crippen molar-refractivity contribution in [2.24, 2.45) is 5.10 Å². The molecule has 0 aliphatic rings. The molecule has 3 rings (SSSR count). The van der Waals surface area contributed by atoms with E-state index in [4.69, 9.17) is 26.4 Å². The van der Waals surface area contributed by atoms with Crippen molar-refractivity contribution in [3.05, 3.63) is 74.9 Å². The summed E-state index contributed by atoms with van der Waals surface area (Å²) in [5.74, 6) is 1.43. The molecule has 0 fully saturated rings. The van der Waals surface area contributed by atoms with Gasteiger partial charge in [0.1, 0.15) is 12.8 Å². The molecule has 2 aromatic carbocycles. The zero-order valence-electron chi connectivity index (χ0n) is 15.3. The lowest BCUT2D eigenvalue weighted by atomic mass is 10.2. The van der Waals surface area contributed by atoms with Crippen LogP contribution in [0.3, 0.4) is 0 Å². The van der Waals surface area contributed by atoms with Crippen molar-refractivity contribution < 1.29 is 14.2 Å². The van der Waals surface area contributed by atoms with Crippen molar-refractivity contribution in [1.82, 2.24) is 14.9 Å². The maximum atomic E-state index is 11.8. The fraction of sp³-hybridized carbons (Fsp3) is 0.158. The first kappa shape index (κ1) is 19.3. The topological polar surface area (TPSA) is 90.7 Å². The molecular weight excluding hydrogens is 380 g/mol. The normalized spacial score (nSPS) is 10.8. The number of H-pyrrole nitrogens is 1. The van der Waals surface area contributed by atoms with Gasteiger partial charge in [-0.1, -0.05) is 30.3 Å². The summed E-state index contributed by atoms with van der Waals surface area (Å²) in [5.41, 5.74) is 1.21. The first-order valence-electron chi connectivity index (χ1n) is 8.26. The summed E-state index contributed by atoms with van der Waals surface area (Å²) in [6, 6.07) is 13.2. The van der Waals surface area contributed by atoms with E-state index >= 15 is 0 Å². The number of hydrogen-bond acceptors (Lipinski definition) is 7. The summed E-state index contributed by atoms with van der Waals surface area (Å²) in [5, 5.41) is 10.2. The molecule has 0 saturated carbocycles. The van der Waals surface area contributed by atoms with Gasteiger partial charge in [-0.15, -0.1) is 0 Å². The lowest BCUT2D eigenvalue weighted by molar-refractivity contribution is 0.266. The average molecular weight is 398 g/mol. The van der Waals surface area contributed by atoms with Crippen LogP contribution in [0, 0.1) is 4.77 Å². The molecule has 0 aliphatic heterocycles. The maximum Gasteiger partial charge on any atom is 0.293 e. The van der Waals surface area contributed by atoms with Gasteiger partial charge in [0.15, 0.2) is 11.5 Å². The van der Waals surface area contributed by atoms with E-state index in [1.165, 1.54) is 20.4 Å². The van der Waals surface area contributed by atoms with Gasteiger partial charge in [0, 0.05) is 5.56 Å². The molecule has 1 aromatic heterocycles. The molecule has 9 heteroatoms. The Morgan fingerprint density at radius 3 is 2.46 bits per heavy atom. The highest BCUT2D eigenvalue weighted by Crippen LogP contribution is 2.38. The third kappa shape index (κ3) is 4.44. The monoisotopic (exact) mass is 398 g/mol. The Morgan fingerprint density at radius 1 is 1.18 bits per heavy atom. The highest BCUT2D eigenvalue weighted by atomic mass is 32.1. The Bertz CT molecular complexity index is 1040. The van der Waals surface area contributed by atoms with Crippen molar-refractivity contribution in [1.29, 1.82) is 0 Å². The Hall–Kier alpha value is -3.46. The molecule has 1 N–H and O–H groups in total. The largest absolute Gasteiger partial charge is 0.493 e. The zero-order chi connectivity index (χ0) is 19.9. The average Bonchev–Trinajstić information content (AvgIpc) is 2.72. The molecule has 28 heavy (non-hydrogen) atoms. The molecule has 0 amide bonds. The third-order valence-electron chi connectivity index (χ3n) is 3.77. The molecule has 8 nitrogen and oxygen atoms in total. The van der Waals surface area contributed by atoms with E-state index < -0.39 is 5.56 Å². The summed E-state index contributed by atoms with van der Waals surface area (Å²) in [6.45, 7) is 0.364. The minimum atomic E-state index is -0.443. The van der Waals surface area contributed by atoms with E-state index in [1.54, 1.807) is 12.1 Å². The maximum absolute atomic E-state index is 11.8. The molecule has 1 heterocycles. The Kier molecular flexibility index (Phi) is 6.18.